The summed E-state index contributed by atoms with van der Waals surface area (Å²) in [4.78, 5) is 38.9. The van der Waals surface area contributed by atoms with Gasteiger partial charge in [-0.2, -0.15) is 0 Å². The van der Waals surface area contributed by atoms with Crippen LogP contribution in [0.15, 0.2) is 102 Å². The second-order valence-corrected chi connectivity index (χ2v) is 8.15. The molecule has 0 atom stereocenters. The number of fused-ring (bicyclic) bond motifs is 2. The minimum absolute atomic E-state index is 0.0952. The number of amides is 1. The van der Waals surface area contributed by atoms with E-state index >= 15 is 0 Å². The van der Waals surface area contributed by atoms with Gasteiger partial charge in [0.1, 0.15) is 5.69 Å². The van der Waals surface area contributed by atoms with Crippen molar-refractivity contribution in [3.05, 3.63) is 113 Å². The molecule has 5 aromatic rings. The van der Waals surface area contributed by atoms with Crippen molar-refractivity contribution in [3.63, 3.8) is 0 Å². The van der Waals surface area contributed by atoms with Crippen LogP contribution in [0.25, 0.3) is 32.7 Å². The highest BCUT2D eigenvalue weighted by molar-refractivity contribution is 6.08. The predicted octanol–water partition coefficient (Wildman–Crippen LogP) is 5.15. The molecule has 1 N–H and O–H groups in total. The van der Waals surface area contributed by atoms with Gasteiger partial charge in [0.15, 0.2) is 6.61 Å². The van der Waals surface area contributed by atoms with Gasteiger partial charge in [-0.3, -0.25) is 9.59 Å². The van der Waals surface area contributed by atoms with Crippen LogP contribution in [0.3, 0.4) is 0 Å². The van der Waals surface area contributed by atoms with Gasteiger partial charge in [0.2, 0.25) is 0 Å². The molecule has 0 saturated carbocycles. The van der Waals surface area contributed by atoms with Crippen LogP contribution in [0.4, 0.5) is 5.69 Å². The normalized spacial score (nSPS) is 10.9. The lowest BCUT2D eigenvalue weighted by Gasteiger charge is -2.17. The van der Waals surface area contributed by atoms with Crippen LogP contribution in [0.2, 0.25) is 0 Å². The molecule has 0 saturated heterocycles. The quantitative estimate of drug-likeness (QED) is 0.366. The summed E-state index contributed by atoms with van der Waals surface area (Å²) in [6.45, 7) is -0.489. The molecule has 1 aromatic heterocycles. The van der Waals surface area contributed by atoms with Gasteiger partial charge in [-0.15, -0.1) is 0 Å². The third-order valence-electron chi connectivity index (χ3n) is 5.96. The zero-order valence-electron chi connectivity index (χ0n) is 19.0. The van der Waals surface area contributed by atoms with E-state index in [2.05, 4.69) is 5.32 Å². The lowest BCUT2D eigenvalue weighted by Crippen LogP contribution is -2.28. The molecule has 0 bridgehead atoms. The molecule has 6 nitrogen and oxygen atoms in total. The zero-order valence-corrected chi connectivity index (χ0v) is 19.0. The molecule has 0 spiro atoms. The number of anilines is 1. The number of esters is 1. The number of carbonyl (C=O) groups excluding carboxylic acids is 2. The number of ether oxygens (including phenoxy) is 1. The lowest BCUT2D eigenvalue weighted by atomic mass is 9.97. The molecular weight excluding hydrogens is 440 g/mol. The van der Waals surface area contributed by atoms with Crippen molar-refractivity contribution < 1.29 is 14.3 Å². The average molecular weight is 463 g/mol. The fraction of sp³-hybridized carbons (Fsp3) is 0.0690. The van der Waals surface area contributed by atoms with E-state index in [1.807, 2.05) is 78.9 Å². The molecule has 172 valence electrons. The van der Waals surface area contributed by atoms with Crippen molar-refractivity contribution in [2.45, 2.75) is 0 Å². The Morgan fingerprint density at radius 2 is 1.40 bits per heavy atom. The van der Waals surface area contributed by atoms with Crippen LogP contribution in [0, 0.1) is 0 Å². The SMILES string of the molecule is Cn1c(C(=O)OCC(=O)Nc2cccc3ccccc23)c(-c2ccccc2)c2ccccc2c1=O. The maximum atomic E-state index is 13.3. The van der Waals surface area contributed by atoms with Gasteiger partial charge in [-0.25, -0.2) is 4.79 Å². The Labute approximate surface area is 201 Å². The highest BCUT2D eigenvalue weighted by Crippen LogP contribution is 2.31. The predicted molar refractivity (Wildman–Crippen MR) is 137 cm³/mol. The zero-order chi connectivity index (χ0) is 24.4. The molecule has 4 aromatic carbocycles. The summed E-state index contributed by atoms with van der Waals surface area (Å²) >= 11 is 0. The Bertz CT molecular complexity index is 1630. The Balaban J connectivity index is 1.47. The topological polar surface area (TPSA) is 77.4 Å². The summed E-state index contributed by atoms with van der Waals surface area (Å²) in [5, 5.41) is 5.83. The molecule has 0 aliphatic heterocycles. The fourth-order valence-corrected chi connectivity index (χ4v) is 4.32. The van der Waals surface area contributed by atoms with Gasteiger partial charge in [0.05, 0.1) is 0 Å². The van der Waals surface area contributed by atoms with E-state index in [0.717, 1.165) is 16.3 Å². The number of hydrogen-bond acceptors (Lipinski definition) is 4. The third-order valence-corrected chi connectivity index (χ3v) is 5.96. The van der Waals surface area contributed by atoms with E-state index in [-0.39, 0.29) is 11.3 Å². The molecule has 0 fully saturated rings. The van der Waals surface area contributed by atoms with Gasteiger partial charge in [0.25, 0.3) is 11.5 Å². The number of benzene rings is 4. The van der Waals surface area contributed by atoms with Crippen LogP contribution < -0.4 is 10.9 Å². The number of hydrogen-bond donors (Lipinski definition) is 1. The number of rotatable bonds is 5. The molecule has 0 unspecified atom stereocenters. The fourth-order valence-electron chi connectivity index (χ4n) is 4.32. The Morgan fingerprint density at radius 3 is 2.17 bits per heavy atom. The summed E-state index contributed by atoms with van der Waals surface area (Å²) in [5.74, 6) is -1.22. The monoisotopic (exact) mass is 462 g/mol. The molecule has 0 aliphatic rings. The molecule has 1 heterocycles. The largest absolute Gasteiger partial charge is 0.451 e. The van der Waals surface area contributed by atoms with Crippen molar-refractivity contribution in [1.82, 2.24) is 4.57 Å². The number of nitrogens with one attached hydrogen (secondary N) is 1. The smallest absolute Gasteiger partial charge is 0.356 e. The standard InChI is InChI=1S/C29H22N2O4/c1-31-27(26(20-11-3-2-4-12-20)22-15-7-8-16-23(22)28(31)33)29(34)35-18-25(32)30-24-17-9-13-19-10-5-6-14-21(19)24/h2-17H,18H2,1H3,(H,30,32). The van der Waals surface area contributed by atoms with E-state index in [4.69, 9.17) is 4.74 Å². The second-order valence-electron chi connectivity index (χ2n) is 8.15. The van der Waals surface area contributed by atoms with Gasteiger partial charge in [-0.05, 0) is 28.5 Å². The van der Waals surface area contributed by atoms with Gasteiger partial charge in [0, 0.05) is 29.1 Å². The summed E-state index contributed by atoms with van der Waals surface area (Å²) in [5.41, 5.74) is 1.77. The summed E-state index contributed by atoms with van der Waals surface area (Å²) in [6.07, 6.45) is 0. The van der Waals surface area contributed by atoms with Crippen LogP contribution in [0.5, 0.6) is 0 Å². The first-order valence-electron chi connectivity index (χ1n) is 11.2. The molecular formula is C29H22N2O4. The third kappa shape index (κ3) is 4.17. The molecule has 35 heavy (non-hydrogen) atoms. The van der Waals surface area contributed by atoms with E-state index in [1.54, 1.807) is 18.2 Å². The molecule has 0 radical (unpaired) electrons. The number of carbonyl (C=O) groups is 2. The molecule has 6 heteroatoms. The number of nitrogens with zero attached hydrogens (tertiary/aromatic N) is 1. The lowest BCUT2D eigenvalue weighted by molar-refractivity contribution is -0.119. The van der Waals surface area contributed by atoms with E-state index < -0.39 is 18.5 Å². The highest BCUT2D eigenvalue weighted by Gasteiger charge is 2.23. The summed E-state index contributed by atoms with van der Waals surface area (Å²) in [6, 6.07) is 29.8. The minimum Gasteiger partial charge on any atom is -0.451 e. The molecule has 5 rings (SSSR count). The van der Waals surface area contributed by atoms with Crippen LogP contribution in [-0.2, 0) is 16.6 Å². The van der Waals surface area contributed by atoms with E-state index in [1.165, 1.54) is 11.6 Å². The molecule has 1 amide bonds. The van der Waals surface area contributed by atoms with Crippen LogP contribution >= 0.6 is 0 Å². The van der Waals surface area contributed by atoms with Crippen molar-refractivity contribution in [1.29, 1.82) is 0 Å². The van der Waals surface area contributed by atoms with Gasteiger partial charge >= 0.3 is 5.97 Å². The molecule has 0 aliphatic carbocycles. The average Bonchev–Trinajstić information content (AvgIpc) is 2.90. The first-order valence-corrected chi connectivity index (χ1v) is 11.2. The van der Waals surface area contributed by atoms with Crippen molar-refractivity contribution in [3.8, 4) is 11.1 Å². The Hall–Kier alpha value is -4.71. The van der Waals surface area contributed by atoms with E-state index in [0.29, 0.717) is 22.0 Å². The van der Waals surface area contributed by atoms with Crippen LogP contribution in [-0.4, -0.2) is 23.1 Å². The van der Waals surface area contributed by atoms with Crippen molar-refractivity contribution >= 4 is 39.1 Å². The van der Waals surface area contributed by atoms with E-state index in [9.17, 15) is 14.4 Å². The minimum atomic E-state index is -0.748. The van der Waals surface area contributed by atoms with Gasteiger partial charge < -0.3 is 14.6 Å². The first-order chi connectivity index (χ1) is 17.0. The Kier molecular flexibility index (Phi) is 5.85. The van der Waals surface area contributed by atoms with Crippen molar-refractivity contribution in [2.24, 2.45) is 7.05 Å². The van der Waals surface area contributed by atoms with Crippen LogP contribution in [0.1, 0.15) is 10.5 Å². The Morgan fingerprint density at radius 1 is 0.771 bits per heavy atom. The second kappa shape index (κ2) is 9.27. The van der Waals surface area contributed by atoms with Gasteiger partial charge in [-0.1, -0.05) is 84.9 Å². The first kappa shape index (κ1) is 22.1. The number of aromatic nitrogens is 1. The number of pyridine rings is 1. The maximum absolute atomic E-state index is 13.3. The highest BCUT2D eigenvalue weighted by atomic mass is 16.5. The summed E-state index contributed by atoms with van der Waals surface area (Å²) < 4.78 is 6.70. The summed E-state index contributed by atoms with van der Waals surface area (Å²) in [7, 11) is 1.54. The van der Waals surface area contributed by atoms with Crippen molar-refractivity contribution in [2.75, 3.05) is 11.9 Å². The maximum Gasteiger partial charge on any atom is 0.356 e.